The molecule has 2 heterocycles. The standard InChI is InChI=1S/C18H20N2O4/c21-16-11-20(10-14-2-1-7-19-9-14)12-17(16)24-15-5-3-13(4-6-15)8-18(22)23/h1-7,9,16-17,21H,8,10-12H2,(H,22,23)/t16-,17-/m1/s1. The number of aromatic nitrogens is 1. The number of rotatable bonds is 6. The van der Waals surface area contributed by atoms with Gasteiger partial charge in [0.05, 0.1) is 6.42 Å². The van der Waals surface area contributed by atoms with E-state index in [1.807, 2.05) is 18.3 Å². The zero-order valence-electron chi connectivity index (χ0n) is 13.2. The van der Waals surface area contributed by atoms with Crippen LogP contribution >= 0.6 is 0 Å². The highest BCUT2D eigenvalue weighted by atomic mass is 16.5. The van der Waals surface area contributed by atoms with Crippen LogP contribution in [0.5, 0.6) is 5.75 Å². The van der Waals surface area contributed by atoms with E-state index in [4.69, 9.17) is 9.84 Å². The number of ether oxygens (including phenoxy) is 1. The van der Waals surface area contributed by atoms with E-state index in [0.29, 0.717) is 18.8 Å². The minimum absolute atomic E-state index is 0.00871. The van der Waals surface area contributed by atoms with Gasteiger partial charge in [-0.05, 0) is 29.3 Å². The Morgan fingerprint density at radius 3 is 2.67 bits per heavy atom. The predicted octanol–water partition coefficient (Wildman–Crippen LogP) is 1.33. The first-order valence-electron chi connectivity index (χ1n) is 7.87. The largest absolute Gasteiger partial charge is 0.486 e. The Morgan fingerprint density at radius 1 is 1.21 bits per heavy atom. The van der Waals surface area contributed by atoms with Crippen molar-refractivity contribution in [3.8, 4) is 5.75 Å². The van der Waals surface area contributed by atoms with Gasteiger partial charge in [-0.1, -0.05) is 18.2 Å². The molecule has 0 saturated carbocycles. The third kappa shape index (κ3) is 4.31. The van der Waals surface area contributed by atoms with Gasteiger partial charge in [-0.2, -0.15) is 0 Å². The van der Waals surface area contributed by atoms with Crippen molar-refractivity contribution in [2.45, 2.75) is 25.2 Å². The van der Waals surface area contributed by atoms with Gasteiger partial charge in [0.2, 0.25) is 0 Å². The summed E-state index contributed by atoms with van der Waals surface area (Å²) in [6.45, 7) is 1.91. The summed E-state index contributed by atoms with van der Waals surface area (Å²) in [6, 6.07) is 10.9. The zero-order valence-corrected chi connectivity index (χ0v) is 13.2. The Bertz CT molecular complexity index is 675. The van der Waals surface area contributed by atoms with Gasteiger partial charge in [-0.3, -0.25) is 14.7 Å². The van der Waals surface area contributed by atoms with E-state index in [-0.39, 0.29) is 12.5 Å². The smallest absolute Gasteiger partial charge is 0.307 e. The van der Waals surface area contributed by atoms with E-state index in [2.05, 4.69) is 9.88 Å². The highest BCUT2D eigenvalue weighted by Crippen LogP contribution is 2.21. The van der Waals surface area contributed by atoms with Crippen molar-refractivity contribution >= 4 is 5.97 Å². The van der Waals surface area contributed by atoms with E-state index in [0.717, 1.165) is 17.7 Å². The van der Waals surface area contributed by atoms with Gasteiger partial charge >= 0.3 is 5.97 Å². The highest BCUT2D eigenvalue weighted by Gasteiger charge is 2.32. The lowest BCUT2D eigenvalue weighted by molar-refractivity contribution is -0.136. The van der Waals surface area contributed by atoms with E-state index in [9.17, 15) is 9.90 Å². The molecule has 1 aliphatic rings. The maximum Gasteiger partial charge on any atom is 0.307 e. The number of pyridine rings is 1. The number of aliphatic hydroxyl groups excluding tert-OH is 1. The summed E-state index contributed by atoms with van der Waals surface area (Å²) < 4.78 is 5.86. The molecule has 1 fully saturated rings. The molecule has 0 bridgehead atoms. The summed E-state index contributed by atoms with van der Waals surface area (Å²) in [5.74, 6) is -0.225. The average molecular weight is 328 g/mol. The molecular weight excluding hydrogens is 308 g/mol. The Balaban J connectivity index is 1.56. The molecule has 1 aromatic heterocycles. The summed E-state index contributed by atoms with van der Waals surface area (Å²) in [6.07, 6.45) is 2.70. The number of aliphatic hydroxyl groups is 1. The number of carbonyl (C=O) groups is 1. The van der Waals surface area contributed by atoms with Crippen molar-refractivity contribution in [1.29, 1.82) is 0 Å². The van der Waals surface area contributed by atoms with Gasteiger partial charge in [-0.25, -0.2) is 0 Å². The molecule has 2 atom stereocenters. The van der Waals surface area contributed by atoms with Crippen molar-refractivity contribution in [3.63, 3.8) is 0 Å². The van der Waals surface area contributed by atoms with Crippen LogP contribution in [-0.4, -0.2) is 51.4 Å². The molecule has 1 aliphatic heterocycles. The lowest BCUT2D eigenvalue weighted by Gasteiger charge is -2.17. The molecule has 0 amide bonds. The number of carboxylic acids is 1. The number of hydrogen-bond acceptors (Lipinski definition) is 5. The summed E-state index contributed by atoms with van der Waals surface area (Å²) >= 11 is 0. The molecule has 6 heteroatoms. The van der Waals surface area contributed by atoms with Gasteiger partial charge < -0.3 is 14.9 Å². The van der Waals surface area contributed by atoms with Crippen molar-refractivity contribution in [2.24, 2.45) is 0 Å². The average Bonchev–Trinajstić information content (AvgIpc) is 2.89. The second-order valence-corrected chi connectivity index (χ2v) is 5.99. The number of β-amino-alcohol motifs (C(OH)–C–C–N with tert-alkyl or cyclic N) is 1. The molecule has 0 unspecified atom stereocenters. The van der Waals surface area contributed by atoms with Crippen LogP contribution in [0.4, 0.5) is 0 Å². The fourth-order valence-electron chi connectivity index (χ4n) is 2.86. The van der Waals surface area contributed by atoms with Crippen molar-refractivity contribution in [1.82, 2.24) is 9.88 Å². The molecule has 24 heavy (non-hydrogen) atoms. The van der Waals surface area contributed by atoms with Gasteiger partial charge in [0.15, 0.2) is 0 Å². The molecule has 0 radical (unpaired) electrons. The van der Waals surface area contributed by atoms with Crippen LogP contribution in [0.25, 0.3) is 0 Å². The first-order valence-corrected chi connectivity index (χ1v) is 7.87. The lowest BCUT2D eigenvalue weighted by atomic mass is 10.1. The molecule has 2 N–H and O–H groups in total. The van der Waals surface area contributed by atoms with E-state index < -0.39 is 12.1 Å². The summed E-state index contributed by atoms with van der Waals surface area (Å²) in [5.41, 5.74) is 1.82. The molecule has 3 rings (SSSR count). The summed E-state index contributed by atoms with van der Waals surface area (Å²) in [4.78, 5) is 16.9. The number of aliphatic carboxylic acids is 1. The molecule has 0 spiro atoms. The second-order valence-electron chi connectivity index (χ2n) is 5.99. The minimum atomic E-state index is -0.860. The molecule has 2 aromatic rings. The van der Waals surface area contributed by atoms with Crippen LogP contribution in [0.3, 0.4) is 0 Å². The fourth-order valence-corrected chi connectivity index (χ4v) is 2.86. The molecule has 0 aliphatic carbocycles. The fraction of sp³-hybridized carbons (Fsp3) is 0.333. The molecule has 126 valence electrons. The predicted molar refractivity (Wildman–Crippen MR) is 87.7 cm³/mol. The highest BCUT2D eigenvalue weighted by molar-refractivity contribution is 5.70. The Hall–Kier alpha value is -2.44. The third-order valence-corrected chi connectivity index (χ3v) is 4.01. The van der Waals surface area contributed by atoms with Crippen molar-refractivity contribution < 1.29 is 19.7 Å². The maximum absolute atomic E-state index is 10.7. The minimum Gasteiger partial charge on any atom is -0.486 e. The van der Waals surface area contributed by atoms with Crippen LogP contribution in [0, 0.1) is 0 Å². The van der Waals surface area contributed by atoms with E-state index in [1.165, 1.54) is 0 Å². The van der Waals surface area contributed by atoms with Crippen molar-refractivity contribution in [2.75, 3.05) is 13.1 Å². The molecule has 1 aromatic carbocycles. The molecule has 1 saturated heterocycles. The maximum atomic E-state index is 10.7. The van der Waals surface area contributed by atoms with Crippen LogP contribution in [0.15, 0.2) is 48.8 Å². The third-order valence-electron chi connectivity index (χ3n) is 4.01. The second kappa shape index (κ2) is 7.42. The van der Waals surface area contributed by atoms with E-state index in [1.54, 1.807) is 30.5 Å². The summed E-state index contributed by atoms with van der Waals surface area (Å²) in [7, 11) is 0. The summed E-state index contributed by atoms with van der Waals surface area (Å²) in [5, 5.41) is 19.0. The number of nitrogens with zero attached hydrogens (tertiary/aromatic N) is 2. The molecular formula is C18H20N2O4. The first kappa shape index (κ1) is 16.4. The zero-order chi connectivity index (χ0) is 16.9. The number of carboxylic acid groups (broad SMARTS) is 1. The monoisotopic (exact) mass is 328 g/mol. The van der Waals surface area contributed by atoms with Gasteiger partial charge in [0.1, 0.15) is 18.0 Å². The van der Waals surface area contributed by atoms with Gasteiger partial charge in [0.25, 0.3) is 0 Å². The van der Waals surface area contributed by atoms with E-state index >= 15 is 0 Å². The number of hydrogen-bond donors (Lipinski definition) is 2. The van der Waals surface area contributed by atoms with Crippen LogP contribution in [0.2, 0.25) is 0 Å². The van der Waals surface area contributed by atoms with Crippen molar-refractivity contribution in [3.05, 3.63) is 59.9 Å². The van der Waals surface area contributed by atoms with Gasteiger partial charge in [0, 0.05) is 32.0 Å². The number of likely N-dealkylation sites (tertiary alicyclic amines) is 1. The Kier molecular flexibility index (Phi) is 5.08. The quantitative estimate of drug-likeness (QED) is 0.832. The molecule has 6 nitrogen and oxygen atoms in total. The van der Waals surface area contributed by atoms with Crippen LogP contribution in [-0.2, 0) is 17.8 Å². The Morgan fingerprint density at radius 2 is 2.00 bits per heavy atom. The number of benzene rings is 1. The van der Waals surface area contributed by atoms with Gasteiger partial charge in [-0.15, -0.1) is 0 Å². The first-order chi connectivity index (χ1) is 11.6. The lowest BCUT2D eigenvalue weighted by Crippen LogP contribution is -2.29. The van der Waals surface area contributed by atoms with Crippen LogP contribution in [0.1, 0.15) is 11.1 Å². The Labute approximate surface area is 140 Å². The van der Waals surface area contributed by atoms with Crippen LogP contribution < -0.4 is 4.74 Å². The topological polar surface area (TPSA) is 82.9 Å². The SMILES string of the molecule is O=C(O)Cc1ccc(O[C@@H]2CN(Cc3cccnc3)C[C@H]2O)cc1. The normalized spacial score (nSPS) is 20.9.